The Morgan fingerprint density at radius 3 is 2.59 bits per heavy atom. The van der Waals surface area contributed by atoms with Crippen LogP contribution in [0, 0.1) is 0 Å². The highest BCUT2D eigenvalue weighted by atomic mass is 35.5. The van der Waals surface area contributed by atoms with Gasteiger partial charge in [-0.2, -0.15) is 0 Å². The minimum atomic E-state index is -1.25. The zero-order valence-corrected chi connectivity index (χ0v) is 17.7. The van der Waals surface area contributed by atoms with Crippen LogP contribution in [-0.4, -0.2) is 41.6 Å². The van der Waals surface area contributed by atoms with Crippen molar-refractivity contribution in [1.82, 2.24) is 4.68 Å². The van der Waals surface area contributed by atoms with Crippen molar-refractivity contribution in [3.8, 4) is 17.0 Å². The predicted octanol–water partition coefficient (Wildman–Crippen LogP) is 3.53. The maximum absolute atomic E-state index is 12.4. The lowest BCUT2D eigenvalue weighted by atomic mass is 9.97. The standard InChI is InChI=1S/C21H25ClN2O5/c1-21(2,3)24-11-13-8-19(29-7-5-6-28-4)16(22)9-14(13)17-10-18(25)15(20(26)27)12-23(17)24/h8-10,12H,5-7,11H2,1-4H3,(H,26,27). The fraction of sp³-hybridized carbons (Fsp3) is 0.429. The van der Waals surface area contributed by atoms with Gasteiger partial charge in [0.1, 0.15) is 11.3 Å². The van der Waals surface area contributed by atoms with Crippen LogP contribution in [0.1, 0.15) is 43.1 Å². The Morgan fingerprint density at radius 2 is 1.97 bits per heavy atom. The molecule has 0 saturated carbocycles. The molecule has 2 heterocycles. The minimum absolute atomic E-state index is 0.268. The first kappa shape index (κ1) is 21.2. The van der Waals surface area contributed by atoms with Crippen LogP contribution in [0.3, 0.4) is 0 Å². The Bertz CT molecular complexity index is 994. The average Bonchev–Trinajstić information content (AvgIpc) is 2.63. The molecule has 0 atom stereocenters. The van der Waals surface area contributed by atoms with E-state index in [4.69, 9.17) is 21.1 Å². The molecule has 1 aromatic heterocycles. The van der Waals surface area contributed by atoms with Crippen LogP contribution < -0.4 is 15.2 Å². The van der Waals surface area contributed by atoms with Gasteiger partial charge in [-0.1, -0.05) is 11.6 Å². The van der Waals surface area contributed by atoms with Gasteiger partial charge in [0.05, 0.1) is 23.9 Å². The van der Waals surface area contributed by atoms with Crippen molar-refractivity contribution in [2.75, 3.05) is 25.3 Å². The summed E-state index contributed by atoms with van der Waals surface area (Å²) in [5.41, 5.74) is 1.21. The number of fused-ring (bicyclic) bond motifs is 3. The molecule has 0 amide bonds. The summed E-state index contributed by atoms with van der Waals surface area (Å²) in [6.07, 6.45) is 2.13. The van der Waals surface area contributed by atoms with Gasteiger partial charge in [-0.3, -0.25) is 9.47 Å². The number of benzene rings is 1. The number of pyridine rings is 1. The van der Waals surface area contributed by atoms with E-state index < -0.39 is 11.4 Å². The zero-order valence-electron chi connectivity index (χ0n) is 17.0. The molecule has 29 heavy (non-hydrogen) atoms. The number of hydrogen-bond acceptors (Lipinski definition) is 5. The van der Waals surface area contributed by atoms with E-state index in [1.54, 1.807) is 17.9 Å². The van der Waals surface area contributed by atoms with Gasteiger partial charge in [-0.15, -0.1) is 0 Å². The van der Waals surface area contributed by atoms with Gasteiger partial charge >= 0.3 is 5.97 Å². The fourth-order valence-corrected chi connectivity index (χ4v) is 3.56. The van der Waals surface area contributed by atoms with Crippen molar-refractivity contribution >= 4 is 17.6 Å². The van der Waals surface area contributed by atoms with E-state index in [0.29, 0.717) is 36.2 Å². The van der Waals surface area contributed by atoms with Crippen LogP contribution in [0.2, 0.25) is 5.02 Å². The van der Waals surface area contributed by atoms with Gasteiger partial charge < -0.3 is 19.6 Å². The summed E-state index contributed by atoms with van der Waals surface area (Å²) in [5.74, 6) is -0.670. The summed E-state index contributed by atoms with van der Waals surface area (Å²) in [4.78, 5) is 23.8. The highest BCUT2D eigenvalue weighted by molar-refractivity contribution is 6.32. The summed E-state index contributed by atoms with van der Waals surface area (Å²) in [6.45, 7) is 7.67. The molecule has 0 unspecified atom stereocenters. The van der Waals surface area contributed by atoms with Crippen LogP contribution in [0.4, 0.5) is 0 Å². The maximum Gasteiger partial charge on any atom is 0.341 e. The van der Waals surface area contributed by atoms with Gasteiger partial charge in [0, 0.05) is 43.5 Å². The lowest BCUT2D eigenvalue weighted by Gasteiger charge is -2.43. The van der Waals surface area contributed by atoms with E-state index in [0.717, 1.165) is 17.5 Å². The number of nitrogens with zero attached hydrogens (tertiary/aromatic N) is 2. The van der Waals surface area contributed by atoms with Crippen LogP contribution in [0.5, 0.6) is 5.75 Å². The number of rotatable bonds is 6. The molecule has 0 fully saturated rings. The molecule has 3 rings (SSSR count). The molecule has 1 aromatic carbocycles. The van der Waals surface area contributed by atoms with Crippen LogP contribution in [0.15, 0.2) is 29.2 Å². The van der Waals surface area contributed by atoms with Crippen molar-refractivity contribution < 1.29 is 19.4 Å². The highest BCUT2D eigenvalue weighted by Crippen LogP contribution is 2.38. The molecule has 1 aliphatic heterocycles. The molecule has 1 N–H and O–H groups in total. The van der Waals surface area contributed by atoms with Crippen molar-refractivity contribution in [2.45, 2.75) is 39.3 Å². The number of aromatic carboxylic acids is 1. The molecule has 0 bridgehead atoms. The quantitative estimate of drug-likeness (QED) is 0.720. The smallest absolute Gasteiger partial charge is 0.341 e. The number of carbonyl (C=O) groups is 1. The predicted molar refractivity (Wildman–Crippen MR) is 112 cm³/mol. The third-order valence-corrected chi connectivity index (χ3v) is 5.10. The normalized spacial score (nSPS) is 13.1. The van der Waals surface area contributed by atoms with Crippen molar-refractivity contribution in [2.24, 2.45) is 0 Å². The second-order valence-corrected chi connectivity index (χ2v) is 8.36. The summed E-state index contributed by atoms with van der Waals surface area (Å²) >= 11 is 6.44. The van der Waals surface area contributed by atoms with Gasteiger partial charge in [0.25, 0.3) is 0 Å². The molecule has 7 nitrogen and oxygen atoms in total. The van der Waals surface area contributed by atoms with E-state index in [9.17, 15) is 14.7 Å². The van der Waals surface area contributed by atoms with Crippen molar-refractivity contribution in [3.05, 3.63) is 50.8 Å². The number of methoxy groups -OCH3 is 1. The molecular formula is C21H25ClN2O5. The molecule has 0 spiro atoms. The SMILES string of the molecule is COCCCOc1cc2c(cc1Cl)-c1cc(=O)c(C(=O)O)cn1N(C(C)(C)C)C2. The number of hydrogen-bond donors (Lipinski definition) is 1. The number of carboxylic acid groups (broad SMARTS) is 1. The topological polar surface area (TPSA) is 81.0 Å². The largest absolute Gasteiger partial charge is 0.492 e. The molecule has 0 radical (unpaired) electrons. The van der Waals surface area contributed by atoms with Gasteiger partial charge in [0.2, 0.25) is 0 Å². The Morgan fingerprint density at radius 1 is 1.24 bits per heavy atom. The van der Waals surface area contributed by atoms with Crippen LogP contribution >= 0.6 is 11.6 Å². The second-order valence-electron chi connectivity index (χ2n) is 7.95. The van der Waals surface area contributed by atoms with E-state index in [2.05, 4.69) is 0 Å². The van der Waals surface area contributed by atoms with Gasteiger partial charge in [0.15, 0.2) is 5.43 Å². The van der Waals surface area contributed by atoms with Gasteiger partial charge in [-0.05, 0) is 38.5 Å². The lowest BCUT2D eigenvalue weighted by molar-refractivity contribution is 0.0694. The first-order chi connectivity index (χ1) is 13.6. The monoisotopic (exact) mass is 420 g/mol. The van der Waals surface area contributed by atoms with Crippen molar-refractivity contribution in [1.29, 1.82) is 0 Å². The third kappa shape index (κ3) is 4.26. The second kappa shape index (κ2) is 8.08. The third-order valence-electron chi connectivity index (χ3n) is 4.80. The summed E-state index contributed by atoms with van der Waals surface area (Å²) in [7, 11) is 1.64. The summed E-state index contributed by atoms with van der Waals surface area (Å²) in [5, 5.41) is 11.8. The molecule has 2 aromatic rings. The van der Waals surface area contributed by atoms with Crippen LogP contribution in [-0.2, 0) is 11.3 Å². The number of ether oxygens (including phenoxy) is 2. The van der Waals surface area contributed by atoms with E-state index >= 15 is 0 Å². The Balaban J connectivity index is 2.11. The highest BCUT2D eigenvalue weighted by Gasteiger charge is 2.31. The van der Waals surface area contributed by atoms with Crippen molar-refractivity contribution in [3.63, 3.8) is 0 Å². The number of halogens is 1. The van der Waals surface area contributed by atoms with Gasteiger partial charge in [-0.25, -0.2) is 4.79 Å². The molecule has 8 heteroatoms. The van der Waals surface area contributed by atoms with Crippen LogP contribution in [0.25, 0.3) is 11.3 Å². The average molecular weight is 421 g/mol. The Labute approximate surface area is 174 Å². The Kier molecular flexibility index (Phi) is 5.91. The molecule has 1 aliphatic rings. The number of carboxylic acids is 1. The molecular weight excluding hydrogens is 396 g/mol. The zero-order chi connectivity index (χ0) is 21.3. The summed E-state index contributed by atoms with van der Waals surface area (Å²) in [6, 6.07) is 5.02. The Hall–Kier alpha value is -2.51. The first-order valence-corrected chi connectivity index (χ1v) is 9.73. The van der Waals surface area contributed by atoms with E-state index in [-0.39, 0.29) is 11.1 Å². The van der Waals surface area contributed by atoms with E-state index in [1.165, 1.54) is 12.3 Å². The molecule has 0 aliphatic carbocycles. The first-order valence-electron chi connectivity index (χ1n) is 9.36. The molecule has 156 valence electrons. The number of aromatic nitrogens is 1. The maximum atomic E-state index is 12.4. The lowest BCUT2D eigenvalue weighted by Crippen LogP contribution is -2.51. The fourth-order valence-electron chi connectivity index (χ4n) is 3.34. The van der Waals surface area contributed by atoms with E-state index in [1.807, 2.05) is 31.8 Å². The summed E-state index contributed by atoms with van der Waals surface area (Å²) < 4.78 is 12.6. The molecule has 0 saturated heterocycles. The minimum Gasteiger partial charge on any atom is -0.492 e.